The average molecular weight is 304 g/mol. The van der Waals surface area contributed by atoms with Gasteiger partial charge in [0.05, 0.1) is 12.4 Å². The monoisotopic (exact) mass is 304 g/mol. The van der Waals surface area contributed by atoms with Crippen LogP contribution in [0, 0.1) is 5.92 Å². The van der Waals surface area contributed by atoms with Crippen molar-refractivity contribution in [3.05, 3.63) is 16.1 Å². The number of thiazole rings is 1. The van der Waals surface area contributed by atoms with Gasteiger partial charge >= 0.3 is 0 Å². The van der Waals surface area contributed by atoms with Gasteiger partial charge in [0, 0.05) is 12.5 Å². The molecule has 1 amide bonds. The van der Waals surface area contributed by atoms with Crippen LogP contribution in [0.5, 0.6) is 0 Å². The summed E-state index contributed by atoms with van der Waals surface area (Å²) in [6.07, 6.45) is 2.91. The molecule has 1 fully saturated rings. The smallest absolute Gasteiger partial charge is 0.284 e. The van der Waals surface area contributed by atoms with Crippen molar-refractivity contribution in [3.63, 3.8) is 0 Å². The van der Waals surface area contributed by atoms with Gasteiger partial charge in [0.15, 0.2) is 0 Å². The van der Waals surface area contributed by atoms with E-state index < -0.39 is 15.9 Å². The molecule has 1 aliphatic carbocycles. The maximum atomic E-state index is 11.8. The van der Waals surface area contributed by atoms with Crippen molar-refractivity contribution in [2.75, 3.05) is 12.9 Å². The molecule has 106 valence electrons. The van der Waals surface area contributed by atoms with E-state index in [1.165, 1.54) is 23.8 Å². The molecule has 0 aromatic carbocycles. The zero-order valence-corrected chi connectivity index (χ0v) is 12.2. The maximum absolute atomic E-state index is 11.8. The van der Waals surface area contributed by atoms with Crippen LogP contribution in [-0.2, 0) is 21.4 Å². The molecule has 0 saturated heterocycles. The molecule has 0 bridgehead atoms. The predicted octanol–water partition coefficient (Wildman–Crippen LogP) is 1.15. The summed E-state index contributed by atoms with van der Waals surface area (Å²) in [4.78, 5) is 15.8. The van der Waals surface area contributed by atoms with Gasteiger partial charge in [0.1, 0.15) is 10.7 Å². The van der Waals surface area contributed by atoms with Crippen LogP contribution in [0.3, 0.4) is 0 Å². The summed E-state index contributed by atoms with van der Waals surface area (Å²) in [5.74, 6) is -0.462. The summed E-state index contributed by atoms with van der Waals surface area (Å²) in [6.45, 7) is 0.312. The van der Waals surface area contributed by atoms with Gasteiger partial charge in [0.2, 0.25) is 10.0 Å². The normalized spacial score (nSPS) is 16.1. The summed E-state index contributed by atoms with van der Waals surface area (Å²) < 4.78 is 30.5. The van der Waals surface area contributed by atoms with Crippen LogP contribution < -0.4 is 4.72 Å². The highest BCUT2D eigenvalue weighted by atomic mass is 32.2. The van der Waals surface area contributed by atoms with Crippen molar-refractivity contribution in [3.8, 4) is 0 Å². The molecule has 0 spiro atoms. The largest absolute Gasteiger partial charge is 0.378 e. The number of nitrogens with one attached hydrogen (secondary N) is 1. The fourth-order valence-electron chi connectivity index (χ4n) is 1.81. The topological polar surface area (TPSA) is 85.4 Å². The lowest BCUT2D eigenvalue weighted by Gasteiger charge is -2.24. The second-order valence-electron chi connectivity index (χ2n) is 4.57. The Morgan fingerprint density at radius 2 is 2.32 bits per heavy atom. The van der Waals surface area contributed by atoms with E-state index in [1.54, 1.807) is 0 Å². The molecule has 8 heteroatoms. The van der Waals surface area contributed by atoms with Crippen LogP contribution in [0.4, 0.5) is 0 Å². The highest BCUT2D eigenvalue weighted by molar-refractivity contribution is 7.90. The molecule has 19 heavy (non-hydrogen) atoms. The highest BCUT2D eigenvalue weighted by Crippen LogP contribution is 2.27. The molecule has 1 N–H and O–H groups in total. The third kappa shape index (κ3) is 3.99. The summed E-state index contributed by atoms with van der Waals surface area (Å²) in [6, 6.07) is 0. The molecule has 1 heterocycles. The molecular formula is C11H16N2O4S2. The van der Waals surface area contributed by atoms with Gasteiger partial charge in [-0.25, -0.2) is 18.1 Å². The van der Waals surface area contributed by atoms with Gasteiger partial charge in [-0.05, 0) is 18.8 Å². The average Bonchev–Trinajstić information content (AvgIpc) is 2.72. The molecule has 1 aliphatic rings. The molecule has 2 rings (SSSR count). The van der Waals surface area contributed by atoms with E-state index in [0.29, 0.717) is 11.6 Å². The van der Waals surface area contributed by atoms with Crippen molar-refractivity contribution in [2.45, 2.75) is 25.9 Å². The van der Waals surface area contributed by atoms with E-state index in [-0.39, 0.29) is 17.4 Å². The Hall–Kier alpha value is -0.990. The fourth-order valence-corrected chi connectivity index (χ4v) is 3.98. The van der Waals surface area contributed by atoms with Crippen LogP contribution in [0.1, 0.15) is 34.8 Å². The van der Waals surface area contributed by atoms with Gasteiger partial charge in [-0.1, -0.05) is 6.42 Å². The van der Waals surface area contributed by atoms with Crippen LogP contribution >= 0.6 is 11.3 Å². The molecule has 1 aromatic heterocycles. The number of carbonyl (C=O) groups is 1. The first-order chi connectivity index (χ1) is 9.00. The minimum absolute atomic E-state index is 0.0216. The SMILES string of the molecule is COCc1nc(C(=O)NS(=O)(=O)CC2CCC2)cs1. The number of amides is 1. The third-order valence-electron chi connectivity index (χ3n) is 2.98. The Morgan fingerprint density at radius 1 is 1.58 bits per heavy atom. The molecule has 6 nitrogen and oxygen atoms in total. The van der Waals surface area contributed by atoms with Crippen molar-refractivity contribution < 1.29 is 17.9 Å². The van der Waals surface area contributed by atoms with E-state index in [1.807, 2.05) is 0 Å². The Morgan fingerprint density at radius 3 is 2.89 bits per heavy atom. The number of hydrogen-bond acceptors (Lipinski definition) is 6. The predicted molar refractivity (Wildman–Crippen MR) is 71.4 cm³/mol. The molecule has 0 aliphatic heterocycles. The lowest BCUT2D eigenvalue weighted by atomic mass is 9.87. The molecule has 0 unspecified atom stereocenters. The third-order valence-corrected chi connectivity index (χ3v) is 5.21. The lowest BCUT2D eigenvalue weighted by Crippen LogP contribution is -2.36. The number of aromatic nitrogens is 1. The van der Waals surface area contributed by atoms with E-state index in [9.17, 15) is 13.2 Å². The fraction of sp³-hybridized carbons (Fsp3) is 0.636. The Kier molecular flexibility index (Phi) is 4.54. The molecule has 1 aromatic rings. The number of ether oxygens (including phenoxy) is 1. The summed E-state index contributed by atoms with van der Waals surface area (Å²) >= 11 is 1.27. The quantitative estimate of drug-likeness (QED) is 0.852. The van der Waals surface area contributed by atoms with E-state index >= 15 is 0 Å². The maximum Gasteiger partial charge on any atom is 0.284 e. The number of hydrogen-bond donors (Lipinski definition) is 1. The first kappa shape index (κ1) is 14.4. The van der Waals surface area contributed by atoms with Gasteiger partial charge in [0.25, 0.3) is 5.91 Å². The number of carbonyl (C=O) groups excluding carboxylic acids is 1. The number of methoxy groups -OCH3 is 1. The van der Waals surface area contributed by atoms with Crippen molar-refractivity contribution in [1.29, 1.82) is 0 Å². The van der Waals surface area contributed by atoms with Gasteiger partial charge in [-0.15, -0.1) is 11.3 Å². The number of sulfonamides is 1. The number of rotatable bonds is 6. The van der Waals surface area contributed by atoms with E-state index in [2.05, 4.69) is 9.71 Å². The second-order valence-corrected chi connectivity index (χ2v) is 7.28. The zero-order valence-electron chi connectivity index (χ0n) is 10.6. The second kappa shape index (κ2) is 5.98. The highest BCUT2D eigenvalue weighted by Gasteiger charge is 2.26. The van der Waals surface area contributed by atoms with E-state index in [4.69, 9.17) is 4.74 Å². The van der Waals surface area contributed by atoms with Crippen molar-refractivity contribution >= 4 is 27.3 Å². The summed E-state index contributed by atoms with van der Waals surface area (Å²) in [5.41, 5.74) is 0.120. The first-order valence-corrected chi connectivity index (χ1v) is 8.51. The minimum Gasteiger partial charge on any atom is -0.378 e. The van der Waals surface area contributed by atoms with Crippen LogP contribution in [0.15, 0.2) is 5.38 Å². The van der Waals surface area contributed by atoms with Crippen LogP contribution in [0.25, 0.3) is 0 Å². The summed E-state index contributed by atoms with van der Waals surface area (Å²) in [5, 5.41) is 2.17. The Bertz CT molecular complexity index is 549. The van der Waals surface area contributed by atoms with Crippen LogP contribution in [-0.4, -0.2) is 32.2 Å². The van der Waals surface area contributed by atoms with Crippen molar-refractivity contribution in [2.24, 2.45) is 5.92 Å². The lowest BCUT2D eigenvalue weighted by molar-refractivity contribution is 0.0976. The van der Waals surface area contributed by atoms with Crippen molar-refractivity contribution in [1.82, 2.24) is 9.71 Å². The molecular weight excluding hydrogens is 288 g/mol. The molecule has 0 radical (unpaired) electrons. The molecule has 1 saturated carbocycles. The number of nitrogens with zero attached hydrogens (tertiary/aromatic N) is 1. The van der Waals surface area contributed by atoms with Crippen LogP contribution in [0.2, 0.25) is 0 Å². The minimum atomic E-state index is -3.56. The Balaban J connectivity index is 1.94. The van der Waals surface area contributed by atoms with E-state index in [0.717, 1.165) is 19.3 Å². The zero-order chi connectivity index (χ0) is 13.9. The van der Waals surface area contributed by atoms with Gasteiger partial charge in [-0.2, -0.15) is 0 Å². The standard InChI is InChI=1S/C11H16N2O4S2/c1-17-5-10-12-9(6-18-10)11(14)13-19(15,16)7-8-3-2-4-8/h6,8H,2-5,7H2,1H3,(H,13,14). The Labute approximate surface area is 116 Å². The first-order valence-electron chi connectivity index (χ1n) is 5.98. The van der Waals surface area contributed by atoms with Gasteiger partial charge in [-0.3, -0.25) is 4.79 Å². The van der Waals surface area contributed by atoms with Gasteiger partial charge < -0.3 is 4.74 Å². The summed E-state index contributed by atoms with van der Waals surface area (Å²) in [7, 11) is -2.03. The molecule has 0 atom stereocenters.